The summed E-state index contributed by atoms with van der Waals surface area (Å²) >= 11 is 0. The Morgan fingerprint density at radius 3 is 2.42 bits per heavy atom. The third-order valence-electron chi connectivity index (χ3n) is 12.7. The van der Waals surface area contributed by atoms with E-state index >= 15 is 0 Å². The molecule has 12 atom stereocenters. The van der Waals surface area contributed by atoms with Crippen LogP contribution >= 0.6 is 0 Å². The van der Waals surface area contributed by atoms with Crippen LogP contribution in [0.25, 0.3) is 0 Å². The van der Waals surface area contributed by atoms with Gasteiger partial charge in [0.05, 0.1) is 39.0 Å². The van der Waals surface area contributed by atoms with Crippen LogP contribution in [0.4, 0.5) is 0 Å². The zero-order valence-electron chi connectivity index (χ0n) is 27.0. The molecule has 250 valence electrons. The molecule has 4 fully saturated rings. The average Bonchev–Trinajstić information content (AvgIpc) is 3.24. The number of aliphatic hydroxyl groups excluding tert-OH is 4. The number of nitrogens with one attached hydrogen (secondary N) is 1. The Kier molecular flexibility index (Phi) is 10.7. The normalized spacial score (nSPS) is 41.1. The summed E-state index contributed by atoms with van der Waals surface area (Å²) in [6.07, 6.45) is 5.56. The third kappa shape index (κ3) is 7.60. The Morgan fingerprint density at radius 2 is 1.74 bits per heavy atom. The van der Waals surface area contributed by atoms with Crippen molar-refractivity contribution in [2.45, 2.75) is 109 Å². The van der Waals surface area contributed by atoms with Crippen LogP contribution in [0, 0.1) is 46.3 Å². The first-order chi connectivity index (χ1) is 19.9. The second-order valence-electron chi connectivity index (χ2n) is 16.0. The van der Waals surface area contributed by atoms with Gasteiger partial charge in [0.15, 0.2) is 0 Å². The lowest BCUT2D eigenvalue weighted by atomic mass is 9.43. The minimum atomic E-state index is -4.23. The van der Waals surface area contributed by atoms with Crippen LogP contribution in [-0.4, -0.2) is 108 Å². The Bertz CT molecular complexity index is 1090. The largest absolute Gasteiger partial charge is 0.393 e. The van der Waals surface area contributed by atoms with Crippen molar-refractivity contribution in [1.82, 2.24) is 5.32 Å². The van der Waals surface area contributed by atoms with Crippen molar-refractivity contribution >= 4 is 16.0 Å². The summed E-state index contributed by atoms with van der Waals surface area (Å²) in [5.41, 5.74) is -0.222. The highest BCUT2D eigenvalue weighted by molar-refractivity contribution is 7.85. The van der Waals surface area contributed by atoms with E-state index in [-0.39, 0.29) is 59.2 Å². The van der Waals surface area contributed by atoms with Gasteiger partial charge in [-0.05, 0) is 97.7 Å². The fourth-order valence-corrected chi connectivity index (χ4v) is 11.1. The number of quaternary nitrogens is 1. The van der Waals surface area contributed by atoms with Crippen molar-refractivity contribution in [3.05, 3.63) is 0 Å². The molecule has 43 heavy (non-hydrogen) atoms. The van der Waals surface area contributed by atoms with Crippen molar-refractivity contribution in [2.75, 3.05) is 39.5 Å². The van der Waals surface area contributed by atoms with Crippen molar-refractivity contribution < 1.29 is 42.7 Å². The number of hydrogen-bond acceptors (Lipinski definition) is 7. The Labute approximate surface area is 259 Å². The summed E-state index contributed by atoms with van der Waals surface area (Å²) in [5, 5.41) is 46.5. The third-order valence-corrected chi connectivity index (χ3v) is 13.5. The summed E-state index contributed by atoms with van der Waals surface area (Å²) in [5.74, 6) is 0.890. The summed E-state index contributed by atoms with van der Waals surface area (Å²) in [7, 11) is -0.484. The molecule has 0 aromatic rings. The van der Waals surface area contributed by atoms with Crippen molar-refractivity contribution in [1.29, 1.82) is 0 Å². The van der Waals surface area contributed by atoms with Gasteiger partial charge in [-0.1, -0.05) is 20.8 Å². The van der Waals surface area contributed by atoms with Gasteiger partial charge in [0, 0.05) is 19.4 Å². The Morgan fingerprint density at radius 1 is 1.05 bits per heavy atom. The summed E-state index contributed by atoms with van der Waals surface area (Å²) in [4.78, 5) is 12.7. The molecule has 0 aliphatic heterocycles. The lowest BCUT2D eigenvalue weighted by Gasteiger charge is -2.63. The zero-order chi connectivity index (χ0) is 32.0. The maximum absolute atomic E-state index is 12.7. The van der Waals surface area contributed by atoms with E-state index in [2.05, 4.69) is 26.1 Å². The van der Waals surface area contributed by atoms with Crippen LogP contribution in [0.15, 0.2) is 0 Å². The Balaban J connectivity index is 1.27. The average molecular weight is 632 g/mol. The molecule has 0 radical (unpaired) electrons. The molecule has 0 aromatic carbocycles. The molecule has 4 aliphatic carbocycles. The summed E-state index contributed by atoms with van der Waals surface area (Å²) < 4.78 is 31.3. The van der Waals surface area contributed by atoms with Gasteiger partial charge in [-0.25, -0.2) is 0 Å². The smallest absolute Gasteiger partial charge is 0.267 e. The molecule has 0 spiro atoms. The van der Waals surface area contributed by atoms with Crippen LogP contribution in [0.5, 0.6) is 0 Å². The fraction of sp³-hybridized carbons (Fsp3) is 0.969. The number of likely N-dealkylation sites (N-methyl/N-ethyl adjacent to an activating group) is 1. The van der Waals surface area contributed by atoms with Crippen LogP contribution in [0.1, 0.15) is 85.0 Å². The highest BCUT2D eigenvalue weighted by atomic mass is 32.2. The molecule has 11 heteroatoms. The minimum absolute atomic E-state index is 0.00585. The van der Waals surface area contributed by atoms with E-state index in [9.17, 15) is 33.6 Å². The quantitative estimate of drug-likeness (QED) is 0.108. The van der Waals surface area contributed by atoms with E-state index in [0.29, 0.717) is 48.7 Å². The molecular weight excluding hydrogens is 572 g/mol. The lowest BCUT2D eigenvalue weighted by molar-refractivity contribution is -0.893. The number of aliphatic hydroxyl groups is 4. The highest BCUT2D eigenvalue weighted by Crippen LogP contribution is 2.68. The molecule has 4 saturated carbocycles. The van der Waals surface area contributed by atoms with E-state index in [1.54, 1.807) is 0 Å². The molecule has 1 amide bonds. The van der Waals surface area contributed by atoms with Crippen LogP contribution in [0.3, 0.4) is 0 Å². The Hall–Kier alpha value is -0.820. The molecule has 0 saturated heterocycles. The topological polar surface area (TPSA) is 164 Å². The van der Waals surface area contributed by atoms with Crippen molar-refractivity contribution in [3.8, 4) is 0 Å². The standard InChI is InChI=1S/C32H58N2O8S/c1-20(7-10-29(39)33-13-6-14-34(4,5)18-23(36)19-43(40,41)42)24-8-9-25-30-26(17-28(38)32(24,25)3)31(2)12-11-22(35)15-21(31)16-27(30)37/h20-28,30,35-38H,6-19H2,1-5H3,(H-,33,39,40,41,42)/p+1/t20-,21-,22-,23+,24-,25-,26+,27-,28+,30-,31-,32-/m1/s1. The van der Waals surface area contributed by atoms with Gasteiger partial charge in [0.2, 0.25) is 5.91 Å². The first-order valence-electron chi connectivity index (χ1n) is 16.6. The van der Waals surface area contributed by atoms with Gasteiger partial charge < -0.3 is 30.2 Å². The maximum atomic E-state index is 12.7. The van der Waals surface area contributed by atoms with Gasteiger partial charge >= 0.3 is 0 Å². The monoisotopic (exact) mass is 631 g/mol. The number of hydrogen-bond donors (Lipinski definition) is 6. The molecular formula is C32H59N2O8S+. The molecule has 6 N–H and O–H groups in total. The number of amides is 1. The van der Waals surface area contributed by atoms with E-state index in [1.165, 1.54) is 0 Å². The van der Waals surface area contributed by atoms with E-state index in [4.69, 9.17) is 4.55 Å². The number of carbonyl (C=O) groups excluding carboxylic acids is 1. The lowest BCUT2D eigenvalue weighted by Crippen LogP contribution is -2.62. The van der Waals surface area contributed by atoms with Gasteiger partial charge in [-0.2, -0.15) is 8.42 Å². The number of fused-ring (bicyclic) bond motifs is 5. The highest BCUT2D eigenvalue weighted by Gasteiger charge is 2.65. The number of nitrogens with zero attached hydrogens (tertiary/aromatic N) is 1. The number of rotatable bonds is 12. The summed E-state index contributed by atoms with van der Waals surface area (Å²) in [6, 6.07) is 0. The zero-order valence-corrected chi connectivity index (χ0v) is 27.8. The molecule has 0 bridgehead atoms. The van der Waals surface area contributed by atoms with Crippen molar-refractivity contribution in [2.24, 2.45) is 46.3 Å². The minimum Gasteiger partial charge on any atom is -0.393 e. The predicted octanol–water partition coefficient (Wildman–Crippen LogP) is 2.20. The molecule has 4 rings (SSSR count). The fourth-order valence-electron chi connectivity index (χ4n) is 10.5. The van der Waals surface area contributed by atoms with Gasteiger partial charge in [0.1, 0.15) is 18.4 Å². The van der Waals surface area contributed by atoms with Crippen LogP contribution in [0.2, 0.25) is 0 Å². The first kappa shape index (κ1) is 35.0. The first-order valence-corrected chi connectivity index (χ1v) is 18.2. The molecule has 0 heterocycles. The molecule has 10 nitrogen and oxygen atoms in total. The van der Waals surface area contributed by atoms with Gasteiger partial charge in [-0.3, -0.25) is 9.35 Å². The molecule has 0 unspecified atom stereocenters. The van der Waals surface area contributed by atoms with E-state index in [1.807, 2.05) is 14.1 Å². The van der Waals surface area contributed by atoms with E-state index in [0.717, 1.165) is 44.9 Å². The predicted molar refractivity (Wildman–Crippen MR) is 164 cm³/mol. The molecule has 0 aromatic heterocycles. The maximum Gasteiger partial charge on any atom is 0.267 e. The van der Waals surface area contributed by atoms with Crippen molar-refractivity contribution in [3.63, 3.8) is 0 Å². The summed E-state index contributed by atoms with van der Waals surface area (Å²) in [6.45, 7) is 8.10. The SMILES string of the molecule is C[C@H](CCC(=O)NCCC[N+](C)(C)C[C@H](O)CS(=O)(=O)O)[C@H]1CC[C@@H]2[C@H]3[C@H](O)C[C@H]4C[C@H](O)CC[C@@]4(C)[C@H]3C[C@H](O)[C@@]21C. The van der Waals surface area contributed by atoms with Crippen LogP contribution in [-0.2, 0) is 14.9 Å². The van der Waals surface area contributed by atoms with Gasteiger partial charge in [-0.15, -0.1) is 0 Å². The van der Waals surface area contributed by atoms with Gasteiger partial charge in [0.25, 0.3) is 10.1 Å². The van der Waals surface area contributed by atoms with Crippen LogP contribution < -0.4 is 5.32 Å². The second-order valence-corrected chi connectivity index (χ2v) is 17.5. The number of carbonyl (C=O) groups is 1. The molecule has 4 aliphatic rings. The van der Waals surface area contributed by atoms with E-state index < -0.39 is 28.1 Å². The second kappa shape index (κ2) is 13.1.